The normalized spacial score (nSPS) is 14.4. The molecular weight excluding hydrogens is 224 g/mol. The monoisotopic (exact) mass is 250 g/mol. The van der Waals surface area contributed by atoms with Crippen LogP contribution in [0, 0.1) is 0 Å². The average Bonchev–Trinajstić information content (AvgIpc) is 2.39. The Labute approximate surface area is 111 Å². The van der Waals surface area contributed by atoms with Crippen LogP contribution in [-0.4, -0.2) is 23.9 Å². The second-order valence-corrected chi connectivity index (χ2v) is 4.72. The fraction of sp³-hybridized carbons (Fsp3) is 0.625. The zero-order chi connectivity index (χ0) is 13.4. The number of benzene rings is 1. The molecule has 0 amide bonds. The van der Waals surface area contributed by atoms with Gasteiger partial charge in [-0.1, -0.05) is 44.5 Å². The topological polar surface area (TPSA) is 29.5 Å². The minimum Gasteiger partial charge on any atom is -0.390 e. The van der Waals surface area contributed by atoms with Crippen molar-refractivity contribution in [3.05, 3.63) is 35.4 Å². The molecule has 0 aliphatic heterocycles. The van der Waals surface area contributed by atoms with Crippen molar-refractivity contribution in [2.45, 2.75) is 58.7 Å². The molecule has 18 heavy (non-hydrogen) atoms. The van der Waals surface area contributed by atoms with Crippen LogP contribution in [0.1, 0.15) is 44.7 Å². The van der Waals surface area contributed by atoms with Gasteiger partial charge in [-0.3, -0.25) is 0 Å². The average molecular weight is 250 g/mol. The lowest BCUT2D eigenvalue weighted by Gasteiger charge is -2.22. The summed E-state index contributed by atoms with van der Waals surface area (Å²) < 4.78 is 5.61. The van der Waals surface area contributed by atoms with Crippen molar-refractivity contribution < 1.29 is 9.84 Å². The van der Waals surface area contributed by atoms with Crippen molar-refractivity contribution in [1.82, 2.24) is 0 Å². The highest BCUT2D eigenvalue weighted by Gasteiger charge is 2.18. The van der Waals surface area contributed by atoms with Gasteiger partial charge in [0.25, 0.3) is 0 Å². The molecule has 0 heterocycles. The van der Waals surface area contributed by atoms with Crippen LogP contribution in [0.2, 0.25) is 0 Å². The van der Waals surface area contributed by atoms with Gasteiger partial charge < -0.3 is 9.84 Å². The second kappa shape index (κ2) is 8.28. The van der Waals surface area contributed by atoms with Crippen molar-refractivity contribution in [2.75, 3.05) is 6.61 Å². The standard InChI is InChI=1S/C16H26O2/c1-4-7-16(18-6-3)15(17)12-14-10-8-13(5-2)9-11-14/h8-11,15-17H,4-7,12H2,1-3H3. The lowest BCUT2D eigenvalue weighted by Crippen LogP contribution is -2.30. The van der Waals surface area contributed by atoms with E-state index < -0.39 is 6.10 Å². The maximum absolute atomic E-state index is 10.2. The zero-order valence-electron chi connectivity index (χ0n) is 11.9. The third-order valence-electron chi connectivity index (χ3n) is 3.26. The largest absolute Gasteiger partial charge is 0.390 e. The predicted octanol–water partition coefficient (Wildman–Crippen LogP) is 3.36. The Kier molecular flexibility index (Phi) is 6.99. The summed E-state index contributed by atoms with van der Waals surface area (Å²) in [7, 11) is 0. The van der Waals surface area contributed by atoms with Crippen LogP contribution in [-0.2, 0) is 17.6 Å². The van der Waals surface area contributed by atoms with Gasteiger partial charge in [0.1, 0.15) is 0 Å². The van der Waals surface area contributed by atoms with E-state index in [1.54, 1.807) is 0 Å². The summed E-state index contributed by atoms with van der Waals surface area (Å²) in [5.41, 5.74) is 2.52. The highest BCUT2D eigenvalue weighted by atomic mass is 16.5. The van der Waals surface area contributed by atoms with E-state index in [-0.39, 0.29) is 6.10 Å². The first-order chi connectivity index (χ1) is 8.71. The van der Waals surface area contributed by atoms with Crippen LogP contribution < -0.4 is 0 Å². The molecule has 0 saturated heterocycles. The minimum atomic E-state index is -0.405. The molecule has 1 aromatic rings. The van der Waals surface area contributed by atoms with Crippen LogP contribution in [0.5, 0.6) is 0 Å². The van der Waals surface area contributed by atoms with E-state index in [0.29, 0.717) is 13.0 Å². The number of aliphatic hydroxyl groups excluding tert-OH is 1. The van der Waals surface area contributed by atoms with E-state index >= 15 is 0 Å². The molecule has 2 atom stereocenters. The van der Waals surface area contributed by atoms with Gasteiger partial charge in [0.05, 0.1) is 12.2 Å². The SMILES string of the molecule is CCCC(OCC)C(O)Cc1ccc(CC)cc1. The smallest absolute Gasteiger partial charge is 0.0842 e. The third-order valence-corrected chi connectivity index (χ3v) is 3.26. The Morgan fingerprint density at radius 3 is 2.17 bits per heavy atom. The molecule has 2 heteroatoms. The number of aliphatic hydroxyl groups is 1. The first kappa shape index (κ1) is 15.2. The van der Waals surface area contributed by atoms with E-state index in [1.807, 2.05) is 6.92 Å². The molecule has 0 bridgehead atoms. The van der Waals surface area contributed by atoms with Crippen molar-refractivity contribution in [2.24, 2.45) is 0 Å². The van der Waals surface area contributed by atoms with Crippen LogP contribution in [0.25, 0.3) is 0 Å². The van der Waals surface area contributed by atoms with Gasteiger partial charge >= 0.3 is 0 Å². The molecular formula is C16H26O2. The lowest BCUT2D eigenvalue weighted by atomic mass is 9.99. The summed E-state index contributed by atoms with van der Waals surface area (Å²) in [5.74, 6) is 0. The number of aryl methyl sites for hydroxylation is 1. The summed E-state index contributed by atoms with van der Waals surface area (Å²) in [6.07, 6.45) is 3.25. The lowest BCUT2D eigenvalue weighted by molar-refractivity contribution is -0.0363. The molecule has 0 saturated carbocycles. The molecule has 1 N–H and O–H groups in total. The molecule has 0 spiro atoms. The van der Waals surface area contributed by atoms with Gasteiger partial charge in [0, 0.05) is 13.0 Å². The Bertz CT molecular complexity index is 312. The molecule has 0 aliphatic rings. The molecule has 0 aromatic heterocycles. The Balaban J connectivity index is 2.57. The third kappa shape index (κ3) is 4.79. The fourth-order valence-corrected chi connectivity index (χ4v) is 2.17. The summed E-state index contributed by atoms with van der Waals surface area (Å²) in [5, 5.41) is 10.2. The summed E-state index contributed by atoms with van der Waals surface area (Å²) in [6, 6.07) is 8.49. The maximum atomic E-state index is 10.2. The Hall–Kier alpha value is -0.860. The maximum Gasteiger partial charge on any atom is 0.0842 e. The van der Waals surface area contributed by atoms with Gasteiger partial charge in [0.15, 0.2) is 0 Å². The van der Waals surface area contributed by atoms with E-state index in [9.17, 15) is 5.11 Å². The first-order valence-corrected chi connectivity index (χ1v) is 7.08. The summed E-state index contributed by atoms with van der Waals surface area (Å²) >= 11 is 0. The highest BCUT2D eigenvalue weighted by Crippen LogP contribution is 2.14. The van der Waals surface area contributed by atoms with Gasteiger partial charge in [-0.05, 0) is 30.9 Å². The Morgan fingerprint density at radius 1 is 1.06 bits per heavy atom. The molecule has 0 aliphatic carbocycles. The van der Waals surface area contributed by atoms with Gasteiger partial charge in [-0.25, -0.2) is 0 Å². The highest BCUT2D eigenvalue weighted by molar-refractivity contribution is 5.23. The van der Waals surface area contributed by atoms with E-state index in [1.165, 1.54) is 11.1 Å². The van der Waals surface area contributed by atoms with Gasteiger partial charge in [-0.2, -0.15) is 0 Å². The van der Waals surface area contributed by atoms with Crippen molar-refractivity contribution in [3.8, 4) is 0 Å². The molecule has 0 fully saturated rings. The first-order valence-electron chi connectivity index (χ1n) is 7.08. The quantitative estimate of drug-likeness (QED) is 0.766. The van der Waals surface area contributed by atoms with E-state index in [0.717, 1.165) is 19.3 Å². The van der Waals surface area contributed by atoms with Gasteiger partial charge in [-0.15, -0.1) is 0 Å². The molecule has 2 nitrogen and oxygen atoms in total. The summed E-state index contributed by atoms with van der Waals surface area (Å²) in [6.45, 7) is 6.91. The van der Waals surface area contributed by atoms with Crippen LogP contribution in [0.3, 0.4) is 0 Å². The second-order valence-electron chi connectivity index (χ2n) is 4.72. The van der Waals surface area contributed by atoms with Crippen LogP contribution in [0.4, 0.5) is 0 Å². The van der Waals surface area contributed by atoms with Crippen LogP contribution in [0.15, 0.2) is 24.3 Å². The number of rotatable bonds is 8. The minimum absolute atomic E-state index is 0.0362. The number of hydrogen-bond acceptors (Lipinski definition) is 2. The molecule has 2 unspecified atom stereocenters. The fourth-order valence-electron chi connectivity index (χ4n) is 2.17. The van der Waals surface area contributed by atoms with Crippen molar-refractivity contribution in [1.29, 1.82) is 0 Å². The van der Waals surface area contributed by atoms with E-state index in [4.69, 9.17) is 4.74 Å². The molecule has 102 valence electrons. The molecule has 0 radical (unpaired) electrons. The Morgan fingerprint density at radius 2 is 1.67 bits per heavy atom. The van der Waals surface area contributed by atoms with Crippen molar-refractivity contribution in [3.63, 3.8) is 0 Å². The number of ether oxygens (including phenoxy) is 1. The van der Waals surface area contributed by atoms with Crippen LogP contribution >= 0.6 is 0 Å². The molecule has 1 aromatic carbocycles. The summed E-state index contributed by atoms with van der Waals surface area (Å²) in [4.78, 5) is 0. The van der Waals surface area contributed by atoms with E-state index in [2.05, 4.69) is 38.1 Å². The zero-order valence-corrected chi connectivity index (χ0v) is 11.9. The van der Waals surface area contributed by atoms with Crippen molar-refractivity contribution >= 4 is 0 Å². The van der Waals surface area contributed by atoms with Gasteiger partial charge in [0.2, 0.25) is 0 Å². The molecule has 1 rings (SSSR count). The predicted molar refractivity (Wildman–Crippen MR) is 75.9 cm³/mol. The number of hydrogen-bond donors (Lipinski definition) is 1.